The normalized spacial score (nSPS) is 11.8. The summed E-state index contributed by atoms with van der Waals surface area (Å²) in [6, 6.07) is 83.3. The molecule has 63 heavy (non-hydrogen) atoms. The fourth-order valence-electron chi connectivity index (χ4n) is 10.0. The molecular formula is C59H38N4. The summed E-state index contributed by atoms with van der Waals surface area (Å²) in [6.45, 7) is 0. The molecule has 0 bridgehead atoms. The molecule has 0 amide bonds. The number of aromatic nitrogens is 4. The minimum absolute atomic E-state index is 0.860. The van der Waals surface area contributed by atoms with Gasteiger partial charge in [0.25, 0.3) is 0 Å². The second-order valence-corrected chi connectivity index (χ2v) is 16.4. The molecule has 0 saturated carbocycles. The lowest BCUT2D eigenvalue weighted by molar-refractivity contribution is 1.06. The highest BCUT2D eigenvalue weighted by Crippen LogP contribution is 2.43. The van der Waals surface area contributed by atoms with Gasteiger partial charge in [-0.3, -0.25) is 4.57 Å². The Morgan fingerprint density at radius 3 is 1.22 bits per heavy atom. The van der Waals surface area contributed by atoms with Crippen LogP contribution in [0.5, 0.6) is 0 Å². The predicted octanol–water partition coefficient (Wildman–Crippen LogP) is 15.4. The van der Waals surface area contributed by atoms with E-state index in [9.17, 15) is 0 Å². The van der Waals surface area contributed by atoms with Gasteiger partial charge in [-0.25, -0.2) is 4.98 Å². The number of nitrogens with zero attached hydrogens (tertiary/aromatic N) is 4. The summed E-state index contributed by atoms with van der Waals surface area (Å²) in [6.07, 6.45) is 0. The minimum atomic E-state index is 0.860. The monoisotopic (exact) mass is 802 g/mol. The number of rotatable bonds is 6. The summed E-state index contributed by atoms with van der Waals surface area (Å²) in [4.78, 5) is 5.60. The lowest BCUT2D eigenvalue weighted by Gasteiger charge is -2.16. The Kier molecular flexibility index (Phi) is 7.87. The van der Waals surface area contributed by atoms with Crippen molar-refractivity contribution in [1.29, 1.82) is 0 Å². The van der Waals surface area contributed by atoms with Crippen molar-refractivity contribution < 1.29 is 0 Å². The summed E-state index contributed by atoms with van der Waals surface area (Å²) in [5.74, 6) is 0.860. The Hall–Kier alpha value is -8.47. The minimum Gasteiger partial charge on any atom is -0.307 e. The highest BCUT2D eigenvalue weighted by Gasteiger charge is 2.23. The van der Waals surface area contributed by atoms with Crippen LogP contribution in [-0.4, -0.2) is 18.7 Å². The molecule has 4 nitrogen and oxygen atoms in total. The summed E-state index contributed by atoms with van der Waals surface area (Å²) in [7, 11) is 0. The van der Waals surface area contributed by atoms with Crippen molar-refractivity contribution in [3.63, 3.8) is 0 Å². The highest BCUT2D eigenvalue weighted by molar-refractivity contribution is 6.24. The van der Waals surface area contributed by atoms with Gasteiger partial charge in [-0.05, 0) is 70.8 Å². The van der Waals surface area contributed by atoms with Crippen molar-refractivity contribution in [3.05, 3.63) is 231 Å². The molecule has 0 N–H and O–H groups in total. The maximum Gasteiger partial charge on any atom is 0.140 e. The van der Waals surface area contributed by atoms with Gasteiger partial charge >= 0.3 is 0 Å². The van der Waals surface area contributed by atoms with Gasteiger partial charge in [0.2, 0.25) is 0 Å². The number of hydrogen-bond acceptors (Lipinski definition) is 1. The van der Waals surface area contributed by atoms with Gasteiger partial charge < -0.3 is 9.13 Å². The van der Waals surface area contributed by atoms with Crippen LogP contribution in [0.3, 0.4) is 0 Å². The van der Waals surface area contributed by atoms with E-state index in [2.05, 4.69) is 244 Å². The van der Waals surface area contributed by atoms with Crippen LogP contribution < -0.4 is 0 Å². The first-order valence-electron chi connectivity index (χ1n) is 21.5. The molecule has 4 aromatic heterocycles. The van der Waals surface area contributed by atoms with Gasteiger partial charge in [0.05, 0.1) is 44.5 Å². The number of pyridine rings is 1. The molecule has 13 rings (SSSR count). The number of benzene rings is 9. The van der Waals surface area contributed by atoms with Crippen LogP contribution in [0.2, 0.25) is 0 Å². The second kappa shape index (κ2) is 14.1. The molecular weight excluding hydrogens is 765 g/mol. The molecule has 294 valence electrons. The van der Waals surface area contributed by atoms with E-state index in [-0.39, 0.29) is 0 Å². The quantitative estimate of drug-likeness (QED) is 0.165. The van der Waals surface area contributed by atoms with Gasteiger partial charge in [-0.2, -0.15) is 0 Å². The molecule has 13 aromatic rings. The average molecular weight is 803 g/mol. The third-order valence-electron chi connectivity index (χ3n) is 12.8. The van der Waals surface area contributed by atoms with Crippen molar-refractivity contribution in [2.24, 2.45) is 0 Å². The van der Waals surface area contributed by atoms with Crippen molar-refractivity contribution in [2.75, 3.05) is 0 Å². The Morgan fingerprint density at radius 2 is 0.667 bits per heavy atom. The molecule has 0 atom stereocenters. The van der Waals surface area contributed by atoms with Gasteiger partial charge in [-0.15, -0.1) is 0 Å². The van der Waals surface area contributed by atoms with Gasteiger partial charge in [-0.1, -0.05) is 176 Å². The molecule has 0 unspecified atom stereocenters. The highest BCUT2D eigenvalue weighted by atomic mass is 15.1. The first-order valence-corrected chi connectivity index (χ1v) is 21.5. The van der Waals surface area contributed by atoms with Crippen LogP contribution in [-0.2, 0) is 0 Å². The molecule has 0 aliphatic heterocycles. The van der Waals surface area contributed by atoms with E-state index < -0.39 is 0 Å². The predicted molar refractivity (Wildman–Crippen MR) is 264 cm³/mol. The summed E-state index contributed by atoms with van der Waals surface area (Å²) < 4.78 is 7.31. The first-order chi connectivity index (χ1) is 31.3. The zero-order valence-electron chi connectivity index (χ0n) is 34.2. The van der Waals surface area contributed by atoms with Crippen molar-refractivity contribution in [3.8, 4) is 50.7 Å². The Balaban J connectivity index is 1.16. The second-order valence-electron chi connectivity index (χ2n) is 16.4. The van der Waals surface area contributed by atoms with Crippen LogP contribution in [0.1, 0.15) is 0 Å². The number of fused-ring (bicyclic) bond motifs is 10. The van der Waals surface area contributed by atoms with E-state index in [0.717, 1.165) is 61.6 Å². The Morgan fingerprint density at radius 1 is 0.254 bits per heavy atom. The SMILES string of the molecule is c1ccc(-c2cccc(-c3cc(-n4c5ccccc5c5ccc6c7ccccc7n(-c7cccc(-c8ccccc8)c7)c6c54)cc(-n4c5ccccc5c5ccccc54)n3)c2)cc1. The lowest BCUT2D eigenvalue weighted by Crippen LogP contribution is -2.04. The Bertz CT molecular complexity index is 3850. The van der Waals surface area contributed by atoms with Crippen LogP contribution in [0.25, 0.3) is 116 Å². The largest absolute Gasteiger partial charge is 0.307 e. The summed E-state index contributed by atoms with van der Waals surface area (Å²) >= 11 is 0. The van der Waals surface area contributed by atoms with Crippen LogP contribution >= 0.6 is 0 Å². The van der Waals surface area contributed by atoms with E-state index in [1.54, 1.807) is 0 Å². The van der Waals surface area contributed by atoms with Gasteiger partial charge in [0.15, 0.2) is 0 Å². The van der Waals surface area contributed by atoms with E-state index in [1.807, 2.05) is 0 Å². The molecule has 9 aromatic carbocycles. The molecule has 0 saturated heterocycles. The van der Waals surface area contributed by atoms with Crippen LogP contribution in [0, 0.1) is 0 Å². The van der Waals surface area contributed by atoms with Crippen molar-refractivity contribution in [1.82, 2.24) is 18.7 Å². The smallest absolute Gasteiger partial charge is 0.140 e. The average Bonchev–Trinajstić information content (AvgIpc) is 4.01. The molecule has 0 aliphatic carbocycles. The first kappa shape index (κ1) is 35.3. The van der Waals surface area contributed by atoms with Gasteiger partial charge in [0.1, 0.15) is 5.82 Å². The third-order valence-corrected chi connectivity index (χ3v) is 12.8. The van der Waals surface area contributed by atoms with E-state index in [0.29, 0.717) is 0 Å². The van der Waals surface area contributed by atoms with E-state index in [1.165, 1.54) is 54.5 Å². The maximum atomic E-state index is 5.60. The van der Waals surface area contributed by atoms with Crippen molar-refractivity contribution in [2.45, 2.75) is 0 Å². The molecule has 4 heterocycles. The van der Waals surface area contributed by atoms with Gasteiger partial charge in [0, 0.05) is 49.6 Å². The van der Waals surface area contributed by atoms with Crippen molar-refractivity contribution >= 4 is 65.4 Å². The Labute approximate surface area is 363 Å². The molecule has 4 heteroatoms. The zero-order valence-corrected chi connectivity index (χ0v) is 34.2. The van der Waals surface area contributed by atoms with Crippen LogP contribution in [0.4, 0.5) is 0 Å². The molecule has 0 radical (unpaired) electrons. The third kappa shape index (κ3) is 5.52. The maximum absolute atomic E-state index is 5.60. The fourth-order valence-corrected chi connectivity index (χ4v) is 10.0. The standard InChI is InChI=1S/C59H38N4/c1-3-17-39(18-4-1)41-21-15-23-43(35-41)52-37-45(38-57(60-52)63-55-31-13-7-25-46(55)47-26-8-14-32-56(47)63)62-54-30-12-10-28-49(54)51-34-33-50-48-27-9-11-29-53(48)61(58(50)59(51)62)44-24-16-22-42(36-44)40-19-5-2-6-20-40/h1-38H. The summed E-state index contributed by atoms with van der Waals surface area (Å²) in [5, 5.41) is 7.23. The fraction of sp³-hybridized carbons (Fsp3) is 0. The van der Waals surface area contributed by atoms with Crippen LogP contribution in [0.15, 0.2) is 231 Å². The molecule has 0 aliphatic rings. The van der Waals surface area contributed by atoms with E-state index in [4.69, 9.17) is 4.98 Å². The zero-order chi connectivity index (χ0) is 41.4. The molecule has 0 spiro atoms. The topological polar surface area (TPSA) is 27.7 Å². The number of para-hydroxylation sites is 4. The lowest BCUT2D eigenvalue weighted by atomic mass is 10.0. The van der Waals surface area contributed by atoms with E-state index >= 15 is 0 Å². The number of hydrogen-bond donors (Lipinski definition) is 0. The molecule has 0 fully saturated rings. The summed E-state index contributed by atoms with van der Waals surface area (Å²) in [5.41, 5.74) is 15.7.